The smallest absolute Gasteiger partial charge is 0.320 e. The predicted octanol–water partition coefficient (Wildman–Crippen LogP) is 5.03. The summed E-state index contributed by atoms with van der Waals surface area (Å²) in [6.45, 7) is 5.59. The molecule has 0 saturated heterocycles. The van der Waals surface area contributed by atoms with Crippen LogP contribution in [0.1, 0.15) is 17.2 Å². The minimum Gasteiger partial charge on any atom is -0.510 e. The number of nitrogens with zero attached hydrogens (tertiary/aromatic N) is 4. The van der Waals surface area contributed by atoms with E-state index in [1.54, 1.807) is 48.8 Å². The quantitative estimate of drug-likeness (QED) is 0.250. The van der Waals surface area contributed by atoms with Crippen LogP contribution in [0.25, 0.3) is 5.82 Å². The van der Waals surface area contributed by atoms with Gasteiger partial charge in [0.15, 0.2) is 17.3 Å². The van der Waals surface area contributed by atoms with E-state index in [2.05, 4.69) is 37.6 Å². The first kappa shape index (κ1) is 23.9. The van der Waals surface area contributed by atoms with Crippen molar-refractivity contribution in [1.82, 2.24) is 25.1 Å². The van der Waals surface area contributed by atoms with Gasteiger partial charge in [-0.3, -0.25) is 0 Å². The Morgan fingerprint density at radius 3 is 2.81 bits per heavy atom. The van der Waals surface area contributed by atoms with Gasteiger partial charge in [0.25, 0.3) is 0 Å². The topological polar surface area (TPSA) is 135 Å². The minimum atomic E-state index is -0.845. The maximum absolute atomic E-state index is 12.6. The van der Waals surface area contributed by atoms with Crippen molar-refractivity contribution in [2.24, 2.45) is 0 Å². The number of aromatic nitrogens is 4. The van der Waals surface area contributed by atoms with Gasteiger partial charge in [-0.15, -0.1) is 0 Å². The van der Waals surface area contributed by atoms with E-state index in [4.69, 9.17) is 21.1 Å². The van der Waals surface area contributed by atoms with Crippen molar-refractivity contribution in [3.63, 3.8) is 0 Å². The molecule has 3 heterocycles. The SMILES string of the molecule is C=C(O)[C@@H](NC(=O)Nc1cnn(-c2nc(Nc3ccc4c(c3)OCO4)ncc2C)c1)c1cccc(Cl)c1. The molecular weight excluding hydrogens is 498 g/mol. The molecule has 0 fully saturated rings. The van der Waals surface area contributed by atoms with E-state index in [-0.39, 0.29) is 12.6 Å². The third-order valence-electron chi connectivity index (χ3n) is 5.42. The van der Waals surface area contributed by atoms with Crippen molar-refractivity contribution in [3.05, 3.63) is 89.5 Å². The van der Waals surface area contributed by atoms with Crippen LogP contribution >= 0.6 is 11.6 Å². The first-order valence-electron chi connectivity index (χ1n) is 11.1. The number of benzene rings is 2. The average Bonchev–Trinajstić information content (AvgIpc) is 3.53. The first-order valence-corrected chi connectivity index (χ1v) is 11.5. The largest absolute Gasteiger partial charge is 0.510 e. The Bertz CT molecular complexity index is 1490. The number of halogens is 1. The lowest BCUT2D eigenvalue weighted by Crippen LogP contribution is -2.33. The van der Waals surface area contributed by atoms with Crippen LogP contribution in [-0.4, -0.2) is 37.7 Å². The zero-order valence-corrected chi connectivity index (χ0v) is 20.4. The number of rotatable bonds is 7. The highest BCUT2D eigenvalue weighted by Crippen LogP contribution is 2.35. The monoisotopic (exact) mass is 519 g/mol. The lowest BCUT2D eigenvalue weighted by molar-refractivity contribution is 0.174. The van der Waals surface area contributed by atoms with Crippen molar-refractivity contribution in [2.45, 2.75) is 13.0 Å². The molecule has 2 aromatic heterocycles. The van der Waals surface area contributed by atoms with Gasteiger partial charge in [-0.1, -0.05) is 30.3 Å². The van der Waals surface area contributed by atoms with Crippen LogP contribution in [0.5, 0.6) is 11.5 Å². The second-order valence-electron chi connectivity index (χ2n) is 8.14. The molecule has 5 rings (SSSR count). The molecule has 0 saturated carbocycles. The van der Waals surface area contributed by atoms with Crippen molar-refractivity contribution in [2.75, 3.05) is 17.4 Å². The van der Waals surface area contributed by atoms with E-state index >= 15 is 0 Å². The summed E-state index contributed by atoms with van der Waals surface area (Å²) in [5, 5.41) is 23.3. The van der Waals surface area contributed by atoms with Crippen molar-refractivity contribution in [1.29, 1.82) is 0 Å². The lowest BCUT2D eigenvalue weighted by Gasteiger charge is -2.18. The highest BCUT2D eigenvalue weighted by Gasteiger charge is 2.19. The zero-order valence-electron chi connectivity index (χ0n) is 19.6. The van der Waals surface area contributed by atoms with Crippen LogP contribution < -0.4 is 25.4 Å². The maximum Gasteiger partial charge on any atom is 0.320 e. The summed E-state index contributed by atoms with van der Waals surface area (Å²) in [6.07, 6.45) is 4.76. The molecule has 1 aliphatic rings. The fraction of sp³-hybridized carbons (Fsp3) is 0.120. The van der Waals surface area contributed by atoms with Gasteiger partial charge in [-0.2, -0.15) is 10.1 Å². The maximum atomic E-state index is 12.6. The summed E-state index contributed by atoms with van der Waals surface area (Å²) < 4.78 is 12.3. The number of hydrogen-bond acceptors (Lipinski definition) is 8. The molecule has 188 valence electrons. The molecule has 4 aromatic rings. The molecule has 1 atom stereocenters. The second kappa shape index (κ2) is 10.1. The van der Waals surface area contributed by atoms with Crippen molar-refractivity contribution in [3.8, 4) is 17.3 Å². The fourth-order valence-electron chi connectivity index (χ4n) is 3.68. The number of carbonyl (C=O) groups is 1. The summed E-state index contributed by atoms with van der Waals surface area (Å²) in [6, 6.07) is 10.8. The molecule has 0 unspecified atom stereocenters. The Hall–Kier alpha value is -4.77. The van der Waals surface area contributed by atoms with Gasteiger partial charge in [0.2, 0.25) is 12.7 Å². The molecule has 37 heavy (non-hydrogen) atoms. The summed E-state index contributed by atoms with van der Waals surface area (Å²) in [5.74, 6) is 1.96. The van der Waals surface area contributed by atoms with Gasteiger partial charge in [-0.05, 0) is 36.8 Å². The number of aryl methyl sites for hydroxylation is 1. The van der Waals surface area contributed by atoms with Gasteiger partial charge in [0, 0.05) is 28.5 Å². The summed E-state index contributed by atoms with van der Waals surface area (Å²) in [7, 11) is 0. The Morgan fingerprint density at radius 2 is 2.00 bits per heavy atom. The van der Waals surface area contributed by atoms with Crippen molar-refractivity contribution < 1.29 is 19.4 Å². The number of aliphatic hydroxyl groups is 1. The van der Waals surface area contributed by atoms with Crippen LogP contribution in [0, 0.1) is 6.92 Å². The van der Waals surface area contributed by atoms with E-state index in [1.807, 2.05) is 13.0 Å². The Kier molecular flexibility index (Phi) is 6.52. The highest BCUT2D eigenvalue weighted by atomic mass is 35.5. The Labute approximate surface area is 216 Å². The average molecular weight is 520 g/mol. The van der Waals surface area contributed by atoms with Gasteiger partial charge < -0.3 is 30.5 Å². The number of ether oxygens (including phenoxy) is 2. The first-order chi connectivity index (χ1) is 17.9. The fourth-order valence-corrected chi connectivity index (χ4v) is 3.87. The van der Waals surface area contributed by atoms with E-state index in [0.717, 1.165) is 11.3 Å². The molecule has 12 heteroatoms. The number of amides is 2. The molecule has 2 amide bonds. The van der Waals surface area contributed by atoms with Gasteiger partial charge >= 0.3 is 6.03 Å². The van der Waals surface area contributed by atoms with Crippen LogP contribution in [-0.2, 0) is 0 Å². The second-order valence-corrected chi connectivity index (χ2v) is 8.58. The van der Waals surface area contributed by atoms with E-state index in [9.17, 15) is 9.90 Å². The zero-order chi connectivity index (χ0) is 25.9. The van der Waals surface area contributed by atoms with Crippen LogP contribution in [0.4, 0.5) is 22.1 Å². The number of carbonyl (C=O) groups excluding carboxylic acids is 1. The minimum absolute atomic E-state index is 0.188. The van der Waals surface area contributed by atoms with Gasteiger partial charge in [0.05, 0.1) is 18.1 Å². The number of aliphatic hydroxyl groups excluding tert-OH is 1. The van der Waals surface area contributed by atoms with Crippen LogP contribution in [0.15, 0.2) is 73.4 Å². The molecule has 1 aliphatic heterocycles. The Balaban J connectivity index is 1.29. The van der Waals surface area contributed by atoms with Gasteiger partial charge in [0.1, 0.15) is 11.8 Å². The number of hydrogen-bond donors (Lipinski definition) is 4. The van der Waals surface area contributed by atoms with Crippen LogP contribution in [0.3, 0.4) is 0 Å². The molecule has 0 radical (unpaired) electrons. The number of urea groups is 1. The van der Waals surface area contributed by atoms with E-state index in [1.165, 1.54) is 10.9 Å². The molecule has 0 spiro atoms. The Morgan fingerprint density at radius 1 is 1.16 bits per heavy atom. The third-order valence-corrected chi connectivity index (χ3v) is 5.66. The number of fused-ring (bicyclic) bond motifs is 1. The molecule has 0 bridgehead atoms. The molecule has 4 N–H and O–H groups in total. The molecule has 11 nitrogen and oxygen atoms in total. The normalized spacial score (nSPS) is 12.6. The highest BCUT2D eigenvalue weighted by molar-refractivity contribution is 6.30. The summed E-state index contributed by atoms with van der Waals surface area (Å²) in [4.78, 5) is 21.5. The molecule has 0 aliphatic carbocycles. The van der Waals surface area contributed by atoms with Gasteiger partial charge in [-0.25, -0.2) is 14.5 Å². The summed E-state index contributed by atoms with van der Waals surface area (Å²) >= 11 is 6.04. The number of anilines is 3. The number of nitrogens with one attached hydrogen (secondary N) is 3. The molecule has 2 aromatic carbocycles. The van der Waals surface area contributed by atoms with Crippen molar-refractivity contribution >= 4 is 35.0 Å². The van der Waals surface area contributed by atoms with E-state index in [0.29, 0.717) is 39.5 Å². The standard InChI is InChI=1S/C25H22ClN7O4/c1-14-10-27-24(29-18-6-7-20-21(9-18)37-13-36-20)32-23(14)33-12-19(11-28-33)30-25(35)31-22(15(2)34)16-4-3-5-17(26)8-16/h3-12,22,34H,2,13H2,1H3,(H,27,29,32)(H2,30,31,35)/t22-/m1/s1. The third kappa shape index (κ3) is 5.41. The van der Waals surface area contributed by atoms with Crippen LogP contribution in [0.2, 0.25) is 5.02 Å². The molecular formula is C25H22ClN7O4. The lowest BCUT2D eigenvalue weighted by atomic mass is 10.1. The van der Waals surface area contributed by atoms with E-state index < -0.39 is 12.1 Å². The predicted molar refractivity (Wildman–Crippen MR) is 138 cm³/mol. The summed E-state index contributed by atoms with van der Waals surface area (Å²) in [5.41, 5.74) is 2.50.